The van der Waals surface area contributed by atoms with E-state index in [-0.39, 0.29) is 6.61 Å². The van der Waals surface area contributed by atoms with Crippen LogP contribution in [0.2, 0.25) is 0 Å². The van der Waals surface area contributed by atoms with Crippen LogP contribution in [0, 0.1) is 0 Å². The van der Waals surface area contributed by atoms with Crippen LogP contribution >= 0.6 is 15.0 Å². The molecule has 0 aliphatic rings. The zero-order chi connectivity index (χ0) is 11.2. The third kappa shape index (κ3) is 4.93. The fraction of sp³-hybridized carbons (Fsp3) is 0.600. The van der Waals surface area contributed by atoms with Crippen LogP contribution in [0.15, 0.2) is 12.2 Å². The molecule has 0 aromatic carbocycles. The van der Waals surface area contributed by atoms with Crippen molar-refractivity contribution < 1.29 is 33.5 Å². The Morgan fingerprint density at radius 3 is 2.57 bits per heavy atom. The summed E-state index contributed by atoms with van der Waals surface area (Å²) in [7, 11) is -7.53. The topological polar surface area (TPSA) is 102 Å². The van der Waals surface area contributed by atoms with Crippen molar-refractivity contribution in [1.29, 1.82) is 0 Å². The van der Waals surface area contributed by atoms with Gasteiger partial charge < -0.3 is 0 Å². The lowest BCUT2D eigenvalue weighted by molar-refractivity contribution is -0.441. The van der Waals surface area contributed by atoms with Gasteiger partial charge in [-0.15, -0.1) is 6.58 Å². The van der Waals surface area contributed by atoms with E-state index in [1.807, 2.05) is 0 Å². The molecule has 2 unspecified atom stereocenters. The van der Waals surface area contributed by atoms with E-state index < -0.39 is 15.0 Å². The fourth-order valence-electron chi connectivity index (χ4n) is 0.477. The summed E-state index contributed by atoms with van der Waals surface area (Å²) in [5, 5.41) is 10.9. The SMILES string of the molecule is C=C(C)CCOP(=O)(OOO)[P+](=O)O. The molecule has 0 bridgehead atoms. The molecule has 0 aromatic rings. The quantitative estimate of drug-likeness (QED) is 0.307. The van der Waals surface area contributed by atoms with Gasteiger partial charge in [-0.25, -0.2) is 9.82 Å². The van der Waals surface area contributed by atoms with Crippen LogP contribution in [0.5, 0.6) is 0 Å². The molecule has 2 N–H and O–H groups in total. The molecule has 0 spiro atoms. The van der Waals surface area contributed by atoms with E-state index in [1.165, 1.54) is 0 Å². The lowest BCUT2D eigenvalue weighted by Crippen LogP contribution is -1.95. The summed E-state index contributed by atoms with van der Waals surface area (Å²) < 4.78 is 29.9. The molecule has 0 aromatic heterocycles. The average molecular weight is 245 g/mol. The third-order valence-electron chi connectivity index (χ3n) is 1.12. The second kappa shape index (κ2) is 6.37. The molecule has 0 fully saturated rings. The van der Waals surface area contributed by atoms with Gasteiger partial charge >= 0.3 is 15.0 Å². The van der Waals surface area contributed by atoms with Crippen LogP contribution in [-0.4, -0.2) is 16.8 Å². The zero-order valence-corrected chi connectivity index (χ0v) is 9.24. The number of hydrogen-bond donors (Lipinski definition) is 2. The van der Waals surface area contributed by atoms with E-state index in [9.17, 15) is 9.13 Å². The summed E-state index contributed by atoms with van der Waals surface area (Å²) in [5.74, 6) is 0. The Morgan fingerprint density at radius 1 is 1.64 bits per heavy atom. The van der Waals surface area contributed by atoms with E-state index in [2.05, 4.69) is 20.8 Å². The maximum absolute atomic E-state index is 11.2. The van der Waals surface area contributed by atoms with Crippen molar-refractivity contribution in [1.82, 2.24) is 0 Å². The van der Waals surface area contributed by atoms with Gasteiger partial charge in [0.1, 0.15) is 0 Å². The van der Waals surface area contributed by atoms with E-state index in [1.54, 1.807) is 6.92 Å². The molecule has 2 atom stereocenters. The maximum atomic E-state index is 11.2. The second-order valence-corrected chi connectivity index (χ2v) is 6.76. The minimum absolute atomic E-state index is 0.113. The molecule has 0 radical (unpaired) electrons. The Morgan fingerprint density at radius 2 is 2.21 bits per heavy atom. The molecule has 82 valence electrons. The average Bonchev–Trinajstić information content (AvgIpc) is 2.03. The Balaban J connectivity index is 4.17. The lowest BCUT2D eigenvalue weighted by Gasteiger charge is -2.03. The molecule has 0 amide bonds. The van der Waals surface area contributed by atoms with Crippen molar-refractivity contribution in [2.45, 2.75) is 13.3 Å². The van der Waals surface area contributed by atoms with Crippen molar-refractivity contribution in [2.75, 3.05) is 6.61 Å². The Labute approximate surface area is 81.4 Å². The first-order chi connectivity index (χ1) is 6.42. The molecule has 0 saturated carbocycles. The van der Waals surface area contributed by atoms with Crippen LogP contribution in [0.3, 0.4) is 0 Å². The summed E-state index contributed by atoms with van der Waals surface area (Å²) in [5.41, 5.74) is 0.745. The first-order valence-electron chi connectivity index (χ1n) is 3.48. The Bertz CT molecular complexity index is 263. The van der Waals surface area contributed by atoms with Gasteiger partial charge in [0.2, 0.25) is 0 Å². The largest absolute Gasteiger partial charge is 0.635 e. The van der Waals surface area contributed by atoms with Gasteiger partial charge in [0.25, 0.3) is 0 Å². The van der Waals surface area contributed by atoms with E-state index in [4.69, 9.17) is 10.2 Å². The van der Waals surface area contributed by atoms with Gasteiger partial charge in [-0.1, -0.05) is 15.3 Å². The van der Waals surface area contributed by atoms with Crippen LogP contribution in [0.4, 0.5) is 0 Å². The van der Waals surface area contributed by atoms with Gasteiger partial charge in [-0.05, 0) is 17.9 Å². The van der Waals surface area contributed by atoms with Crippen LogP contribution < -0.4 is 0 Å². The van der Waals surface area contributed by atoms with E-state index >= 15 is 0 Å². The highest BCUT2D eigenvalue weighted by molar-refractivity contribution is 8.20. The highest BCUT2D eigenvalue weighted by Crippen LogP contribution is 2.68. The predicted molar refractivity (Wildman–Crippen MR) is 47.6 cm³/mol. The second-order valence-electron chi connectivity index (χ2n) is 2.41. The van der Waals surface area contributed by atoms with Gasteiger partial charge in [0.15, 0.2) is 0 Å². The molecule has 0 aliphatic heterocycles. The molecule has 0 rings (SSSR count). The third-order valence-corrected chi connectivity index (χ3v) is 4.11. The predicted octanol–water partition coefficient (Wildman–Crippen LogP) is 2.23. The number of rotatable bonds is 7. The summed E-state index contributed by atoms with van der Waals surface area (Å²) in [4.78, 5) is 8.55. The minimum atomic E-state index is -4.30. The van der Waals surface area contributed by atoms with Crippen LogP contribution in [0.25, 0.3) is 0 Å². The Hall–Kier alpha value is -0.130. The fourth-order valence-corrected chi connectivity index (χ4v) is 1.88. The molecule has 0 saturated heterocycles. The summed E-state index contributed by atoms with van der Waals surface area (Å²) >= 11 is 0. The van der Waals surface area contributed by atoms with Crippen molar-refractivity contribution in [3.05, 3.63) is 12.2 Å². The number of hydrogen-bond acceptors (Lipinski definition) is 6. The van der Waals surface area contributed by atoms with Gasteiger partial charge in [-0.2, -0.15) is 4.89 Å². The first-order valence-corrected chi connectivity index (χ1v) is 6.94. The van der Waals surface area contributed by atoms with E-state index in [0.29, 0.717) is 6.42 Å². The highest BCUT2D eigenvalue weighted by atomic mass is 32.1. The summed E-state index contributed by atoms with van der Waals surface area (Å²) in [6.45, 7) is 5.13. The van der Waals surface area contributed by atoms with Crippen molar-refractivity contribution in [2.24, 2.45) is 0 Å². The van der Waals surface area contributed by atoms with Gasteiger partial charge in [0.05, 0.1) is 6.61 Å². The zero-order valence-electron chi connectivity index (χ0n) is 7.45. The molecule has 9 heteroatoms. The standard InChI is InChI=1S/C5H10O7P2/c1-5(2)3-4-10-14(9,12-11-6)13(7)8/h1,3-4H2,2H3,(H-,6,7,8)/p+1. The molecular formula is C5H11O7P2+. The molecular weight excluding hydrogens is 234 g/mol. The van der Waals surface area contributed by atoms with Crippen LogP contribution in [0.1, 0.15) is 13.3 Å². The molecule has 0 heterocycles. The monoisotopic (exact) mass is 245 g/mol. The smallest absolute Gasteiger partial charge is 0.267 e. The molecule has 7 nitrogen and oxygen atoms in total. The first kappa shape index (κ1) is 13.9. The van der Waals surface area contributed by atoms with Crippen LogP contribution in [-0.2, 0) is 23.4 Å². The molecule has 0 aliphatic carbocycles. The van der Waals surface area contributed by atoms with Gasteiger partial charge in [-0.3, -0.25) is 4.52 Å². The van der Waals surface area contributed by atoms with Crippen molar-refractivity contribution in [3.63, 3.8) is 0 Å². The summed E-state index contributed by atoms with van der Waals surface area (Å²) in [6.07, 6.45) is 0.349. The maximum Gasteiger partial charge on any atom is 0.635 e. The van der Waals surface area contributed by atoms with Crippen molar-refractivity contribution in [3.8, 4) is 0 Å². The Kier molecular flexibility index (Phi) is 6.31. The van der Waals surface area contributed by atoms with Crippen molar-refractivity contribution >= 4 is 15.0 Å². The van der Waals surface area contributed by atoms with E-state index in [0.717, 1.165) is 5.57 Å². The molecule has 14 heavy (non-hydrogen) atoms. The minimum Gasteiger partial charge on any atom is -0.267 e. The lowest BCUT2D eigenvalue weighted by atomic mass is 10.3. The van der Waals surface area contributed by atoms with Gasteiger partial charge in [0, 0.05) is 0 Å². The summed E-state index contributed by atoms with van der Waals surface area (Å²) in [6, 6.07) is 0. The normalized spacial score (nSPS) is 16.1. The highest BCUT2D eigenvalue weighted by Gasteiger charge is 2.51.